The number of rotatable bonds is 6. The zero-order valence-corrected chi connectivity index (χ0v) is 20.0. The lowest BCUT2D eigenvalue weighted by molar-refractivity contribution is -0.127. The zero-order chi connectivity index (χ0) is 23.7. The maximum absolute atomic E-state index is 13.1. The summed E-state index contributed by atoms with van der Waals surface area (Å²) in [5, 5.41) is 11.7. The number of likely N-dealkylation sites (tertiary alicyclic amines) is 1. The number of anilines is 2. The molecule has 3 aromatic rings. The number of benzene rings is 1. The Labute approximate surface area is 203 Å². The van der Waals surface area contributed by atoms with E-state index in [4.69, 9.17) is 16.6 Å². The van der Waals surface area contributed by atoms with Gasteiger partial charge in [0.25, 0.3) is 5.91 Å². The second-order valence-electron chi connectivity index (χ2n) is 9.13. The van der Waals surface area contributed by atoms with Crippen molar-refractivity contribution in [3.63, 3.8) is 0 Å². The Bertz CT molecular complexity index is 1200. The summed E-state index contributed by atoms with van der Waals surface area (Å²) < 4.78 is 1.71. The van der Waals surface area contributed by atoms with Crippen LogP contribution in [0.15, 0.2) is 36.5 Å². The lowest BCUT2D eigenvalue weighted by atomic mass is 9.95. The van der Waals surface area contributed by atoms with Crippen molar-refractivity contribution >= 4 is 40.6 Å². The largest absolute Gasteiger partial charge is 0.367 e. The number of nitrogens with one attached hydrogen (secondary N) is 2. The van der Waals surface area contributed by atoms with Crippen LogP contribution in [0.5, 0.6) is 0 Å². The van der Waals surface area contributed by atoms with E-state index in [1.54, 1.807) is 35.0 Å². The molecule has 0 unspecified atom stereocenters. The van der Waals surface area contributed by atoms with Crippen LogP contribution in [0.4, 0.5) is 11.5 Å². The monoisotopic (exact) mass is 480 g/mol. The van der Waals surface area contributed by atoms with E-state index in [2.05, 4.69) is 15.7 Å². The quantitative estimate of drug-likeness (QED) is 0.532. The molecule has 178 valence electrons. The zero-order valence-electron chi connectivity index (χ0n) is 19.3. The molecule has 1 aromatic carbocycles. The number of hydrogen-bond donors (Lipinski definition) is 2. The number of carbonyl (C=O) groups excluding carboxylic acids is 2. The summed E-state index contributed by atoms with van der Waals surface area (Å²) in [5.74, 6) is 0.666. The van der Waals surface area contributed by atoms with Crippen LogP contribution in [0.1, 0.15) is 67.4 Å². The van der Waals surface area contributed by atoms with Crippen molar-refractivity contribution in [1.29, 1.82) is 0 Å². The number of amides is 2. The van der Waals surface area contributed by atoms with Crippen LogP contribution < -0.4 is 10.6 Å². The van der Waals surface area contributed by atoms with E-state index in [0.717, 1.165) is 24.4 Å². The average molecular weight is 481 g/mol. The summed E-state index contributed by atoms with van der Waals surface area (Å²) in [6.07, 6.45) is 7.88. The van der Waals surface area contributed by atoms with Gasteiger partial charge >= 0.3 is 0 Å². The lowest BCUT2D eigenvalue weighted by Gasteiger charge is -2.24. The second-order valence-corrected chi connectivity index (χ2v) is 9.57. The molecule has 0 bridgehead atoms. The van der Waals surface area contributed by atoms with Crippen molar-refractivity contribution in [3.05, 3.63) is 52.8 Å². The van der Waals surface area contributed by atoms with Crippen molar-refractivity contribution in [3.8, 4) is 0 Å². The van der Waals surface area contributed by atoms with Crippen LogP contribution in [0.2, 0.25) is 5.02 Å². The van der Waals surface area contributed by atoms with Crippen LogP contribution in [-0.2, 0) is 4.79 Å². The fraction of sp³-hybridized carbons (Fsp3) is 0.440. The van der Waals surface area contributed by atoms with Gasteiger partial charge in [0.2, 0.25) is 5.91 Å². The summed E-state index contributed by atoms with van der Waals surface area (Å²) in [7, 11) is 0. The maximum atomic E-state index is 13.1. The Balaban J connectivity index is 1.50. The first-order valence-electron chi connectivity index (χ1n) is 12.0. The first-order chi connectivity index (χ1) is 16.5. The van der Waals surface area contributed by atoms with Gasteiger partial charge in [-0.05, 0) is 44.0 Å². The number of fused-ring (bicyclic) bond motifs is 1. The van der Waals surface area contributed by atoms with Crippen molar-refractivity contribution in [2.75, 3.05) is 23.7 Å². The molecule has 5 rings (SSSR count). The number of hydrogen-bond acceptors (Lipinski definition) is 5. The van der Waals surface area contributed by atoms with Gasteiger partial charge in [0.15, 0.2) is 5.65 Å². The molecule has 1 aliphatic carbocycles. The molecule has 8 nitrogen and oxygen atoms in total. The van der Waals surface area contributed by atoms with E-state index in [1.165, 1.54) is 19.3 Å². The second kappa shape index (κ2) is 9.62. The number of likely N-dealkylation sites (N-methyl/N-ethyl adjacent to an activating group) is 1. The van der Waals surface area contributed by atoms with Gasteiger partial charge in [-0.1, -0.05) is 30.9 Å². The topological polar surface area (TPSA) is 91.6 Å². The molecular formula is C25H29ClN6O2. The highest BCUT2D eigenvalue weighted by atomic mass is 35.5. The Morgan fingerprint density at radius 1 is 1.18 bits per heavy atom. The molecule has 1 saturated heterocycles. The Hall–Kier alpha value is -3.13. The highest BCUT2D eigenvalue weighted by Gasteiger charge is 2.32. The third-order valence-electron chi connectivity index (χ3n) is 6.81. The Morgan fingerprint density at radius 3 is 2.65 bits per heavy atom. The smallest absolute Gasteiger partial charge is 0.261 e. The summed E-state index contributed by atoms with van der Waals surface area (Å²) >= 11 is 5.96. The molecule has 1 aliphatic heterocycles. The normalized spacial score (nSPS) is 19.1. The highest BCUT2D eigenvalue weighted by molar-refractivity contribution is 6.30. The van der Waals surface area contributed by atoms with E-state index in [0.29, 0.717) is 47.5 Å². The molecule has 1 atom stereocenters. The average Bonchev–Trinajstić information content (AvgIpc) is 3.44. The van der Waals surface area contributed by atoms with Gasteiger partial charge in [-0.3, -0.25) is 9.59 Å². The molecule has 0 spiro atoms. The molecule has 1 saturated carbocycles. The first-order valence-corrected chi connectivity index (χ1v) is 12.4. The summed E-state index contributed by atoms with van der Waals surface area (Å²) in [5.41, 5.74) is 2.34. The first kappa shape index (κ1) is 22.7. The minimum atomic E-state index is -0.289. The molecule has 2 aliphatic rings. The summed E-state index contributed by atoms with van der Waals surface area (Å²) in [4.78, 5) is 32.2. The molecule has 34 heavy (non-hydrogen) atoms. The fourth-order valence-corrected chi connectivity index (χ4v) is 5.04. The van der Waals surface area contributed by atoms with Crippen molar-refractivity contribution in [2.45, 2.75) is 57.4 Å². The van der Waals surface area contributed by atoms with Crippen LogP contribution in [-0.4, -0.2) is 50.4 Å². The van der Waals surface area contributed by atoms with E-state index in [9.17, 15) is 9.59 Å². The van der Waals surface area contributed by atoms with Gasteiger partial charge < -0.3 is 15.5 Å². The van der Waals surface area contributed by atoms with Gasteiger partial charge in [0, 0.05) is 48.2 Å². The third-order valence-corrected chi connectivity index (χ3v) is 7.06. The molecule has 2 aromatic heterocycles. The number of carbonyl (C=O) groups is 2. The van der Waals surface area contributed by atoms with Gasteiger partial charge in [-0.15, -0.1) is 0 Å². The molecule has 9 heteroatoms. The maximum Gasteiger partial charge on any atom is 0.261 e. The van der Waals surface area contributed by atoms with Crippen molar-refractivity contribution in [2.24, 2.45) is 0 Å². The van der Waals surface area contributed by atoms with Crippen LogP contribution in [0.3, 0.4) is 0 Å². The molecular weight excluding hydrogens is 452 g/mol. The molecule has 0 radical (unpaired) electrons. The molecule has 3 heterocycles. The fourth-order valence-electron chi connectivity index (χ4n) is 4.92. The predicted octanol–water partition coefficient (Wildman–Crippen LogP) is 4.72. The van der Waals surface area contributed by atoms with Crippen LogP contribution >= 0.6 is 11.6 Å². The highest BCUT2D eigenvalue weighted by Crippen LogP contribution is 2.31. The standard InChI is InChI=1S/C25H29ClN6O2/c1-2-31-15-16(12-23(31)33)21-13-22(28-18-6-4-3-5-7-18)32-24(30-21)20(14-27-32)25(34)29-19-10-8-17(26)9-11-19/h8-11,13-14,16,18,28H,2-7,12,15H2,1H3,(H,29,34)/t16-/m1/s1. The van der Waals surface area contributed by atoms with Gasteiger partial charge in [0.05, 0.1) is 11.9 Å². The Morgan fingerprint density at radius 2 is 1.94 bits per heavy atom. The number of halogens is 1. The van der Waals surface area contributed by atoms with Gasteiger partial charge in [-0.2, -0.15) is 9.61 Å². The molecule has 2 fully saturated rings. The SMILES string of the molecule is CCN1C[C@H](c2cc(NC3CCCCC3)n3ncc(C(=O)Nc4ccc(Cl)cc4)c3n2)CC1=O. The summed E-state index contributed by atoms with van der Waals surface area (Å²) in [6.45, 7) is 3.32. The third kappa shape index (κ3) is 4.59. The minimum absolute atomic E-state index is 0.00793. The predicted molar refractivity (Wildman–Crippen MR) is 132 cm³/mol. The molecule has 2 amide bonds. The molecule has 2 N–H and O–H groups in total. The minimum Gasteiger partial charge on any atom is -0.367 e. The number of aromatic nitrogens is 3. The van der Waals surface area contributed by atoms with E-state index >= 15 is 0 Å². The van der Waals surface area contributed by atoms with E-state index in [1.807, 2.05) is 17.9 Å². The van der Waals surface area contributed by atoms with Crippen LogP contribution in [0.25, 0.3) is 5.65 Å². The summed E-state index contributed by atoms with van der Waals surface area (Å²) in [6, 6.07) is 9.33. The Kier molecular flexibility index (Phi) is 6.41. The number of nitrogens with zero attached hydrogens (tertiary/aromatic N) is 4. The van der Waals surface area contributed by atoms with Crippen molar-refractivity contribution < 1.29 is 9.59 Å². The van der Waals surface area contributed by atoms with Gasteiger partial charge in [-0.25, -0.2) is 4.98 Å². The lowest BCUT2D eigenvalue weighted by Crippen LogP contribution is -2.25. The van der Waals surface area contributed by atoms with Crippen LogP contribution in [0, 0.1) is 0 Å². The van der Waals surface area contributed by atoms with E-state index in [-0.39, 0.29) is 17.7 Å². The van der Waals surface area contributed by atoms with Gasteiger partial charge in [0.1, 0.15) is 11.4 Å². The van der Waals surface area contributed by atoms with Crippen molar-refractivity contribution in [1.82, 2.24) is 19.5 Å². The van der Waals surface area contributed by atoms with E-state index < -0.39 is 0 Å².